The lowest BCUT2D eigenvalue weighted by Crippen LogP contribution is -2.40. The third-order valence-electron chi connectivity index (χ3n) is 5.98. The monoisotopic (exact) mass is 663 g/mol. The minimum Gasteiger partial charge on any atom is -0.489 e. The van der Waals surface area contributed by atoms with Gasteiger partial charge in [0.05, 0.1) is 12.9 Å². The molecule has 3 aromatic rings. The third kappa shape index (κ3) is 9.51. The van der Waals surface area contributed by atoms with Crippen LogP contribution in [0.1, 0.15) is 30.1 Å². The smallest absolute Gasteiger partial charge is 0.387 e. The van der Waals surface area contributed by atoms with Crippen molar-refractivity contribution in [3.05, 3.63) is 76.0 Å². The normalized spacial score (nSPS) is 13.9. The summed E-state index contributed by atoms with van der Waals surface area (Å²) in [4.78, 5) is 18.7. The second-order valence-electron chi connectivity index (χ2n) is 9.38. The predicted molar refractivity (Wildman–Crippen MR) is 154 cm³/mol. The van der Waals surface area contributed by atoms with Crippen LogP contribution in [0.15, 0.2) is 59.8 Å². The van der Waals surface area contributed by atoms with Crippen molar-refractivity contribution in [2.45, 2.75) is 36.9 Å². The Balaban J connectivity index is 1.61. The maximum Gasteiger partial charge on any atom is 0.387 e. The number of ether oxygens (including phenoxy) is 3. The summed E-state index contributed by atoms with van der Waals surface area (Å²) in [6.45, 7) is -2.72. The van der Waals surface area contributed by atoms with Crippen molar-refractivity contribution in [3.63, 3.8) is 0 Å². The van der Waals surface area contributed by atoms with Gasteiger partial charge in [-0.3, -0.25) is 9.56 Å². The number of rotatable bonds is 13. The molecule has 0 radical (unpaired) electrons. The number of nitrogens with one attached hydrogen (secondary N) is 1. The number of pyridine rings is 1. The zero-order valence-electron chi connectivity index (χ0n) is 22.4. The van der Waals surface area contributed by atoms with Crippen LogP contribution in [0.25, 0.3) is 0 Å². The van der Waals surface area contributed by atoms with Crippen LogP contribution < -0.4 is 23.8 Å². The number of thioether (sulfide) groups is 1. The Labute approximate surface area is 256 Å². The molecule has 226 valence electrons. The van der Waals surface area contributed by atoms with Crippen LogP contribution in [0, 0.1) is 5.92 Å². The fourth-order valence-electron chi connectivity index (χ4n) is 3.81. The number of halogens is 4. The fraction of sp³-hybridized carbons (Fsp3) is 0.333. The van der Waals surface area contributed by atoms with Crippen LogP contribution in [0.5, 0.6) is 11.5 Å². The number of benzene rings is 2. The standard InChI is InChI=1S/C27H27Cl2F2N2O7S2/c1-37-33-13-21(28)20(22(29)14-33)12-24(40-27(34)41-19-8-6-18(7-9-19)32-42(2,35)36)17-5-10-23(39-26(30)31)25(11-17)38-15-16-3-4-16/h5-11,13-14,16,24,26,32H,3-4,12,15H2,1-2H3/q+1/t24-/m0/s1. The lowest BCUT2D eigenvalue weighted by atomic mass is 10.0. The molecule has 1 heterocycles. The molecule has 0 saturated heterocycles. The van der Waals surface area contributed by atoms with Crippen molar-refractivity contribution in [3.8, 4) is 11.5 Å². The second kappa shape index (κ2) is 14.0. The minimum atomic E-state index is -3.46. The van der Waals surface area contributed by atoms with Gasteiger partial charge in [0.1, 0.15) is 23.3 Å². The lowest BCUT2D eigenvalue weighted by Gasteiger charge is -2.21. The molecule has 1 saturated carbocycles. The molecular formula is C27H27Cl2F2N2O7S2+. The van der Waals surface area contributed by atoms with Crippen LogP contribution >= 0.6 is 35.0 Å². The molecule has 1 aliphatic rings. The van der Waals surface area contributed by atoms with Crippen LogP contribution in [0.2, 0.25) is 10.0 Å². The molecule has 1 N–H and O–H groups in total. The third-order valence-corrected chi connectivity index (χ3v) is 8.01. The number of hydrogen-bond acceptors (Lipinski definition) is 8. The molecular weight excluding hydrogens is 637 g/mol. The van der Waals surface area contributed by atoms with E-state index >= 15 is 0 Å². The van der Waals surface area contributed by atoms with E-state index in [0.29, 0.717) is 34.2 Å². The average molecular weight is 665 g/mol. The van der Waals surface area contributed by atoms with E-state index in [-0.39, 0.29) is 28.0 Å². The Morgan fingerprint density at radius 2 is 1.76 bits per heavy atom. The summed E-state index contributed by atoms with van der Waals surface area (Å²) in [5.74, 6) is 0.282. The number of hydrogen-bond donors (Lipinski definition) is 1. The Bertz CT molecular complexity index is 1500. The van der Waals surface area contributed by atoms with Gasteiger partial charge in [-0.15, -0.1) is 0 Å². The van der Waals surface area contributed by atoms with Crippen molar-refractivity contribution < 1.29 is 45.8 Å². The summed E-state index contributed by atoms with van der Waals surface area (Å²) in [6, 6.07) is 10.5. The minimum absolute atomic E-state index is 0.0306. The topological polar surface area (TPSA) is 104 Å². The van der Waals surface area contributed by atoms with Gasteiger partial charge in [0.25, 0.3) is 0 Å². The van der Waals surface area contributed by atoms with Gasteiger partial charge in [-0.2, -0.15) is 8.78 Å². The molecule has 0 spiro atoms. The molecule has 42 heavy (non-hydrogen) atoms. The number of alkyl halides is 2. The van der Waals surface area contributed by atoms with Gasteiger partial charge in [0.2, 0.25) is 22.4 Å². The summed E-state index contributed by atoms with van der Waals surface area (Å²) >= 11 is 13.7. The fourth-order valence-corrected chi connectivity index (χ4v) is 5.60. The van der Waals surface area contributed by atoms with Crippen LogP contribution in [0.3, 0.4) is 0 Å². The first-order valence-electron chi connectivity index (χ1n) is 12.5. The molecule has 9 nitrogen and oxygen atoms in total. The van der Waals surface area contributed by atoms with E-state index in [1.165, 1.54) is 54.6 Å². The molecule has 15 heteroatoms. The Kier molecular flexibility index (Phi) is 10.6. The first kappa shape index (κ1) is 31.9. The van der Waals surface area contributed by atoms with Crippen molar-refractivity contribution >= 4 is 56.0 Å². The van der Waals surface area contributed by atoms with E-state index in [2.05, 4.69) is 9.46 Å². The maximum absolute atomic E-state index is 13.1. The van der Waals surface area contributed by atoms with E-state index in [9.17, 15) is 22.0 Å². The van der Waals surface area contributed by atoms with Crippen molar-refractivity contribution in [2.24, 2.45) is 5.92 Å². The number of nitrogens with zero attached hydrogens (tertiary/aromatic N) is 1. The largest absolute Gasteiger partial charge is 0.489 e. The Morgan fingerprint density at radius 3 is 2.33 bits per heavy atom. The predicted octanol–water partition coefficient (Wildman–Crippen LogP) is 6.31. The van der Waals surface area contributed by atoms with Gasteiger partial charge in [0.15, 0.2) is 11.5 Å². The number of anilines is 1. The van der Waals surface area contributed by atoms with Crippen molar-refractivity contribution in [1.29, 1.82) is 0 Å². The van der Waals surface area contributed by atoms with E-state index in [1.807, 2.05) is 0 Å². The van der Waals surface area contributed by atoms with Crippen molar-refractivity contribution in [2.75, 3.05) is 24.7 Å². The number of carbonyl (C=O) groups is 1. The van der Waals surface area contributed by atoms with Crippen LogP contribution in [-0.2, 0) is 21.2 Å². The first-order chi connectivity index (χ1) is 19.9. The average Bonchev–Trinajstić information content (AvgIpc) is 3.74. The van der Waals surface area contributed by atoms with E-state index in [0.717, 1.165) is 30.9 Å². The van der Waals surface area contributed by atoms with E-state index in [1.54, 1.807) is 12.1 Å². The summed E-state index contributed by atoms with van der Waals surface area (Å²) < 4.78 is 69.0. The highest BCUT2D eigenvalue weighted by molar-refractivity contribution is 8.13. The molecule has 1 aliphatic carbocycles. The molecule has 4 rings (SSSR count). The van der Waals surface area contributed by atoms with E-state index in [4.69, 9.17) is 37.5 Å². The zero-order valence-corrected chi connectivity index (χ0v) is 25.5. The highest BCUT2D eigenvalue weighted by atomic mass is 35.5. The Hall–Kier alpha value is -3.00. The maximum atomic E-state index is 13.1. The molecule has 2 aromatic carbocycles. The molecule has 0 aliphatic heterocycles. The SMILES string of the molecule is CO[n+]1cc(Cl)c(C[C@H](OC(=O)Sc2ccc(NS(C)(=O)=O)cc2)c2ccc(OC(F)F)c(OCC3CC3)c2)c(Cl)c1. The Morgan fingerprint density at radius 1 is 1.10 bits per heavy atom. The van der Waals surface area contributed by atoms with Gasteiger partial charge in [-0.05, 0) is 72.5 Å². The molecule has 1 fully saturated rings. The number of carbonyl (C=O) groups excluding carboxylic acids is 1. The van der Waals surface area contributed by atoms with Gasteiger partial charge in [0, 0.05) is 27.3 Å². The lowest BCUT2D eigenvalue weighted by molar-refractivity contribution is -0.885. The number of aromatic nitrogens is 1. The van der Waals surface area contributed by atoms with Gasteiger partial charge >= 0.3 is 11.9 Å². The summed E-state index contributed by atoms with van der Waals surface area (Å²) in [5.41, 5.74) is 1.22. The quantitative estimate of drug-likeness (QED) is 0.129. The number of sulfonamides is 1. The molecule has 1 atom stereocenters. The van der Waals surface area contributed by atoms with Gasteiger partial charge in [-0.25, -0.2) is 13.2 Å². The van der Waals surface area contributed by atoms with E-state index < -0.39 is 28.0 Å². The van der Waals surface area contributed by atoms with Crippen LogP contribution in [-0.4, -0.2) is 40.3 Å². The highest BCUT2D eigenvalue weighted by Gasteiger charge is 2.27. The molecule has 1 aromatic heterocycles. The summed E-state index contributed by atoms with van der Waals surface area (Å²) in [7, 11) is -2.03. The highest BCUT2D eigenvalue weighted by Crippen LogP contribution is 2.38. The summed E-state index contributed by atoms with van der Waals surface area (Å²) in [6.07, 6.45) is 5.05. The van der Waals surface area contributed by atoms with Gasteiger partial charge in [-0.1, -0.05) is 29.3 Å². The second-order valence-corrected chi connectivity index (χ2v) is 12.9. The molecule has 0 unspecified atom stereocenters. The zero-order chi connectivity index (χ0) is 30.4. The van der Waals surface area contributed by atoms with Crippen molar-refractivity contribution in [1.82, 2.24) is 0 Å². The summed E-state index contributed by atoms with van der Waals surface area (Å²) in [5, 5.41) is -0.197. The van der Waals surface area contributed by atoms with Crippen LogP contribution in [0.4, 0.5) is 19.3 Å². The molecule has 0 bridgehead atoms. The molecule has 0 amide bonds. The first-order valence-corrected chi connectivity index (χ1v) is 16.0. The van der Waals surface area contributed by atoms with Gasteiger partial charge < -0.3 is 14.2 Å².